The Hall–Kier alpha value is -2.16. The van der Waals surface area contributed by atoms with Crippen LogP contribution < -0.4 is 0 Å². The predicted molar refractivity (Wildman–Crippen MR) is 75.1 cm³/mol. The normalized spacial score (nSPS) is 16.7. The van der Waals surface area contributed by atoms with E-state index < -0.39 is 0 Å². The second kappa shape index (κ2) is 3.67. The number of H-pyrrole nitrogens is 1. The van der Waals surface area contributed by atoms with Crippen LogP contribution in [0.3, 0.4) is 0 Å². The van der Waals surface area contributed by atoms with E-state index in [9.17, 15) is 0 Å². The number of aromatic nitrogens is 3. The summed E-state index contributed by atoms with van der Waals surface area (Å²) in [5.74, 6) is 0. The van der Waals surface area contributed by atoms with Crippen molar-refractivity contribution in [3.05, 3.63) is 59.5 Å². The van der Waals surface area contributed by atoms with Crippen molar-refractivity contribution in [2.24, 2.45) is 0 Å². The van der Waals surface area contributed by atoms with Crippen LogP contribution in [0.15, 0.2) is 42.7 Å². The van der Waals surface area contributed by atoms with Gasteiger partial charge in [-0.05, 0) is 31.4 Å². The molecule has 94 valence electrons. The van der Waals surface area contributed by atoms with Gasteiger partial charge in [0.2, 0.25) is 0 Å². The van der Waals surface area contributed by atoms with Crippen LogP contribution in [0, 0.1) is 6.92 Å². The highest BCUT2D eigenvalue weighted by Gasteiger charge is 2.47. The first-order valence-corrected chi connectivity index (χ1v) is 6.65. The van der Waals surface area contributed by atoms with Crippen LogP contribution in [-0.2, 0) is 5.41 Å². The standard InChI is InChI=1S/C16H15N3/c1-11-2-4-12(5-3-11)16(6-7-16)14-10-13-15(19-14)18-9-8-17-13/h2-5,8-10H,6-7H2,1H3,(H,18,19). The number of nitrogens with zero attached hydrogens (tertiary/aromatic N) is 2. The lowest BCUT2D eigenvalue weighted by Crippen LogP contribution is -2.08. The summed E-state index contributed by atoms with van der Waals surface area (Å²) in [4.78, 5) is 12.1. The molecule has 0 amide bonds. The lowest BCUT2D eigenvalue weighted by Gasteiger charge is -2.14. The predicted octanol–water partition coefficient (Wildman–Crippen LogP) is 3.35. The van der Waals surface area contributed by atoms with Crippen molar-refractivity contribution in [1.82, 2.24) is 15.0 Å². The van der Waals surface area contributed by atoms with Gasteiger partial charge in [0.25, 0.3) is 0 Å². The zero-order valence-electron chi connectivity index (χ0n) is 10.9. The Morgan fingerprint density at radius 1 is 1.05 bits per heavy atom. The number of aryl methyl sites for hydroxylation is 1. The number of aromatic amines is 1. The molecule has 1 N–H and O–H groups in total. The molecule has 0 aliphatic heterocycles. The molecule has 2 aromatic heterocycles. The summed E-state index contributed by atoms with van der Waals surface area (Å²) in [6, 6.07) is 11.0. The molecule has 1 aromatic carbocycles. The number of rotatable bonds is 2. The van der Waals surface area contributed by atoms with Gasteiger partial charge in [-0.25, -0.2) is 4.98 Å². The summed E-state index contributed by atoms with van der Waals surface area (Å²) < 4.78 is 0. The van der Waals surface area contributed by atoms with Crippen molar-refractivity contribution < 1.29 is 0 Å². The minimum Gasteiger partial charge on any atom is -0.341 e. The molecular weight excluding hydrogens is 234 g/mol. The molecule has 1 aliphatic rings. The van der Waals surface area contributed by atoms with Gasteiger partial charge in [-0.15, -0.1) is 0 Å². The molecule has 0 radical (unpaired) electrons. The molecular formula is C16H15N3. The number of fused-ring (bicyclic) bond motifs is 1. The second-order valence-corrected chi connectivity index (χ2v) is 5.42. The van der Waals surface area contributed by atoms with Gasteiger partial charge >= 0.3 is 0 Å². The highest BCUT2D eigenvalue weighted by Crippen LogP contribution is 2.53. The summed E-state index contributed by atoms with van der Waals surface area (Å²) in [7, 11) is 0. The van der Waals surface area contributed by atoms with Gasteiger partial charge < -0.3 is 4.98 Å². The highest BCUT2D eigenvalue weighted by molar-refractivity contribution is 5.72. The van der Waals surface area contributed by atoms with Gasteiger partial charge in [0.15, 0.2) is 5.65 Å². The van der Waals surface area contributed by atoms with E-state index in [-0.39, 0.29) is 5.41 Å². The molecule has 3 heteroatoms. The number of benzene rings is 1. The van der Waals surface area contributed by atoms with E-state index in [0.29, 0.717) is 0 Å². The Labute approximate surface area is 111 Å². The lowest BCUT2D eigenvalue weighted by atomic mass is 9.92. The van der Waals surface area contributed by atoms with Crippen LogP contribution in [-0.4, -0.2) is 15.0 Å². The van der Waals surface area contributed by atoms with Gasteiger partial charge in [-0.1, -0.05) is 29.8 Å². The summed E-state index contributed by atoms with van der Waals surface area (Å²) in [5.41, 5.74) is 5.95. The third kappa shape index (κ3) is 1.58. The fraction of sp³-hybridized carbons (Fsp3) is 0.250. The van der Waals surface area contributed by atoms with E-state index in [4.69, 9.17) is 0 Å². The van der Waals surface area contributed by atoms with Crippen molar-refractivity contribution in [2.45, 2.75) is 25.2 Å². The summed E-state index contributed by atoms with van der Waals surface area (Å²) in [6.07, 6.45) is 5.87. The van der Waals surface area contributed by atoms with Crippen molar-refractivity contribution in [3.8, 4) is 0 Å². The Bertz CT molecular complexity index is 703. The zero-order valence-corrected chi connectivity index (χ0v) is 10.9. The molecule has 1 saturated carbocycles. The third-order valence-electron chi connectivity index (χ3n) is 4.13. The summed E-state index contributed by atoms with van der Waals surface area (Å²) >= 11 is 0. The molecule has 0 spiro atoms. The molecule has 0 atom stereocenters. The maximum absolute atomic E-state index is 4.36. The molecule has 19 heavy (non-hydrogen) atoms. The van der Waals surface area contributed by atoms with Crippen molar-refractivity contribution in [2.75, 3.05) is 0 Å². The second-order valence-electron chi connectivity index (χ2n) is 5.42. The first kappa shape index (κ1) is 10.7. The van der Waals surface area contributed by atoms with Crippen LogP contribution in [0.2, 0.25) is 0 Å². The van der Waals surface area contributed by atoms with Crippen molar-refractivity contribution in [3.63, 3.8) is 0 Å². The van der Waals surface area contributed by atoms with E-state index in [0.717, 1.165) is 11.2 Å². The Morgan fingerprint density at radius 3 is 2.47 bits per heavy atom. The summed E-state index contributed by atoms with van der Waals surface area (Å²) in [6.45, 7) is 2.13. The molecule has 3 nitrogen and oxygen atoms in total. The smallest absolute Gasteiger partial charge is 0.156 e. The van der Waals surface area contributed by atoms with Crippen LogP contribution in [0.5, 0.6) is 0 Å². The third-order valence-corrected chi connectivity index (χ3v) is 4.13. The van der Waals surface area contributed by atoms with E-state index in [1.54, 1.807) is 12.4 Å². The first-order valence-electron chi connectivity index (χ1n) is 6.65. The van der Waals surface area contributed by atoms with E-state index in [1.807, 2.05) is 0 Å². The molecule has 1 aliphatic carbocycles. The van der Waals surface area contributed by atoms with Crippen molar-refractivity contribution >= 4 is 11.2 Å². The molecule has 1 fully saturated rings. The topological polar surface area (TPSA) is 41.6 Å². The first-order chi connectivity index (χ1) is 9.28. The van der Waals surface area contributed by atoms with Gasteiger partial charge in [-0.2, -0.15) is 0 Å². The van der Waals surface area contributed by atoms with Gasteiger partial charge in [0.05, 0.1) is 0 Å². The lowest BCUT2D eigenvalue weighted by molar-refractivity contribution is 0.815. The van der Waals surface area contributed by atoms with Gasteiger partial charge in [0.1, 0.15) is 5.52 Å². The summed E-state index contributed by atoms with van der Waals surface area (Å²) in [5, 5.41) is 0. The zero-order chi connectivity index (χ0) is 12.9. The minimum atomic E-state index is 0.163. The molecule has 2 heterocycles. The minimum absolute atomic E-state index is 0.163. The average Bonchev–Trinajstić information content (AvgIpc) is 3.13. The number of hydrogen-bond donors (Lipinski definition) is 1. The molecule has 3 aromatic rings. The average molecular weight is 249 g/mol. The van der Waals surface area contributed by atoms with Crippen LogP contribution >= 0.6 is 0 Å². The van der Waals surface area contributed by atoms with Gasteiger partial charge in [0, 0.05) is 23.5 Å². The molecule has 4 rings (SSSR count). The van der Waals surface area contributed by atoms with Crippen LogP contribution in [0.1, 0.15) is 29.7 Å². The Kier molecular flexibility index (Phi) is 2.07. The Balaban J connectivity index is 1.84. The quantitative estimate of drug-likeness (QED) is 0.756. The molecule has 0 bridgehead atoms. The molecule has 0 unspecified atom stereocenters. The maximum atomic E-state index is 4.36. The van der Waals surface area contributed by atoms with Crippen LogP contribution in [0.25, 0.3) is 11.2 Å². The fourth-order valence-electron chi connectivity index (χ4n) is 2.82. The number of nitrogens with one attached hydrogen (secondary N) is 1. The highest BCUT2D eigenvalue weighted by atomic mass is 14.9. The van der Waals surface area contributed by atoms with Crippen LogP contribution in [0.4, 0.5) is 0 Å². The van der Waals surface area contributed by atoms with Gasteiger partial charge in [-0.3, -0.25) is 4.98 Å². The number of hydrogen-bond acceptors (Lipinski definition) is 2. The fourth-order valence-corrected chi connectivity index (χ4v) is 2.82. The Morgan fingerprint density at radius 2 is 1.79 bits per heavy atom. The SMILES string of the molecule is Cc1ccc(C2(c3cc4nccnc4[nH]3)CC2)cc1. The monoisotopic (exact) mass is 249 g/mol. The van der Waals surface area contributed by atoms with E-state index >= 15 is 0 Å². The van der Waals surface area contributed by atoms with E-state index in [1.165, 1.54) is 29.7 Å². The molecule has 0 saturated heterocycles. The van der Waals surface area contributed by atoms with Crippen molar-refractivity contribution in [1.29, 1.82) is 0 Å². The maximum Gasteiger partial charge on any atom is 0.156 e. The van der Waals surface area contributed by atoms with E-state index in [2.05, 4.69) is 52.2 Å². The largest absolute Gasteiger partial charge is 0.341 e.